The third-order valence-corrected chi connectivity index (χ3v) is 4.10. The molecule has 2 aromatic rings. The molecule has 0 radical (unpaired) electrons. The van der Waals surface area contributed by atoms with Gasteiger partial charge in [-0.25, -0.2) is 4.98 Å². The van der Waals surface area contributed by atoms with E-state index in [-0.39, 0.29) is 5.91 Å². The van der Waals surface area contributed by atoms with Crippen molar-refractivity contribution >= 4 is 22.9 Å². The Morgan fingerprint density at radius 2 is 2.11 bits per heavy atom. The third-order valence-electron chi connectivity index (χ3n) is 3.00. The van der Waals surface area contributed by atoms with Crippen LogP contribution < -0.4 is 10.6 Å². The number of nitrogens with zero attached hydrogens (tertiary/aromatic N) is 2. The molecule has 0 fully saturated rings. The largest absolute Gasteiger partial charge is 0.325 e. The number of hydrogen-bond acceptors (Lipinski definition) is 4. The van der Waals surface area contributed by atoms with Crippen LogP contribution in [-0.2, 0) is 13.0 Å². The molecule has 0 atom stereocenters. The minimum atomic E-state index is 0.0413. The van der Waals surface area contributed by atoms with Crippen LogP contribution in [0, 0.1) is 0 Å². The van der Waals surface area contributed by atoms with Gasteiger partial charge < -0.3 is 10.6 Å². The Morgan fingerprint density at radius 1 is 1.33 bits per heavy atom. The van der Waals surface area contributed by atoms with Crippen LogP contribution in [0.25, 0.3) is 0 Å². The van der Waals surface area contributed by atoms with Crippen LogP contribution in [0.4, 0.5) is 5.69 Å². The fraction of sp³-hybridized carbons (Fsp3) is 0.231. The van der Waals surface area contributed by atoms with Crippen molar-refractivity contribution in [1.29, 1.82) is 0 Å². The Bertz CT molecular complexity index is 579. The number of rotatable bonds is 2. The van der Waals surface area contributed by atoms with Gasteiger partial charge in [0.2, 0.25) is 0 Å². The van der Waals surface area contributed by atoms with E-state index in [4.69, 9.17) is 5.73 Å². The van der Waals surface area contributed by atoms with Crippen LogP contribution in [0.5, 0.6) is 0 Å². The maximum Gasteiger partial charge on any atom is 0.270 e. The minimum absolute atomic E-state index is 0.0413. The number of nitrogens with two attached hydrogens (primary N) is 1. The molecule has 3 rings (SSSR count). The molecule has 1 amide bonds. The highest BCUT2D eigenvalue weighted by Crippen LogP contribution is 2.28. The molecule has 0 unspecified atom stereocenters. The van der Waals surface area contributed by atoms with E-state index in [1.807, 2.05) is 30.3 Å². The lowest BCUT2D eigenvalue weighted by molar-refractivity contribution is 0.0984. The van der Waals surface area contributed by atoms with E-state index in [0.29, 0.717) is 13.1 Å². The standard InChI is InChI=1S/C13H13N3OS/c14-8-11-15-10-6-7-16(13(17)12(10)18-11)9-4-2-1-3-5-9/h1-5H,6-8,14H2. The SMILES string of the molecule is NCc1nc2c(s1)C(=O)N(c1ccccc1)CC2. The molecular weight excluding hydrogens is 246 g/mol. The minimum Gasteiger partial charge on any atom is -0.325 e. The Balaban J connectivity index is 1.96. The molecule has 0 aliphatic carbocycles. The maximum absolute atomic E-state index is 12.4. The molecule has 5 heteroatoms. The van der Waals surface area contributed by atoms with Gasteiger partial charge in [0, 0.05) is 25.2 Å². The van der Waals surface area contributed by atoms with Crippen molar-refractivity contribution < 1.29 is 4.79 Å². The van der Waals surface area contributed by atoms with E-state index >= 15 is 0 Å². The first-order chi connectivity index (χ1) is 8.79. The number of carbonyl (C=O) groups is 1. The summed E-state index contributed by atoms with van der Waals surface area (Å²) in [4.78, 5) is 19.3. The molecule has 1 aliphatic rings. The van der Waals surface area contributed by atoms with Crippen LogP contribution >= 0.6 is 11.3 Å². The maximum atomic E-state index is 12.4. The van der Waals surface area contributed by atoms with E-state index in [1.165, 1.54) is 11.3 Å². The normalized spacial score (nSPS) is 14.7. The van der Waals surface area contributed by atoms with Gasteiger partial charge in [0.05, 0.1) is 5.69 Å². The number of benzene rings is 1. The second-order valence-electron chi connectivity index (χ2n) is 4.13. The summed E-state index contributed by atoms with van der Waals surface area (Å²) in [5.41, 5.74) is 7.42. The number of thiazole rings is 1. The van der Waals surface area contributed by atoms with Crippen molar-refractivity contribution in [3.8, 4) is 0 Å². The van der Waals surface area contributed by atoms with E-state index in [2.05, 4.69) is 4.98 Å². The van der Waals surface area contributed by atoms with E-state index < -0.39 is 0 Å². The topological polar surface area (TPSA) is 59.2 Å². The molecule has 0 saturated heterocycles. The van der Waals surface area contributed by atoms with Gasteiger partial charge in [-0.3, -0.25) is 4.79 Å². The van der Waals surface area contributed by atoms with Crippen molar-refractivity contribution in [2.75, 3.05) is 11.4 Å². The number of anilines is 1. The molecule has 2 N–H and O–H groups in total. The quantitative estimate of drug-likeness (QED) is 0.894. The summed E-state index contributed by atoms with van der Waals surface area (Å²) in [5.74, 6) is 0.0413. The molecule has 18 heavy (non-hydrogen) atoms. The number of para-hydroxylation sites is 1. The Morgan fingerprint density at radius 3 is 2.83 bits per heavy atom. The smallest absolute Gasteiger partial charge is 0.270 e. The highest BCUT2D eigenvalue weighted by molar-refractivity contribution is 7.14. The lowest BCUT2D eigenvalue weighted by atomic mass is 10.1. The number of carbonyl (C=O) groups excluding carboxylic acids is 1. The zero-order valence-electron chi connectivity index (χ0n) is 9.80. The van der Waals surface area contributed by atoms with Crippen molar-refractivity contribution in [1.82, 2.24) is 4.98 Å². The van der Waals surface area contributed by atoms with Crippen molar-refractivity contribution in [3.63, 3.8) is 0 Å². The zero-order chi connectivity index (χ0) is 12.5. The van der Waals surface area contributed by atoms with Gasteiger partial charge in [0.1, 0.15) is 9.88 Å². The van der Waals surface area contributed by atoms with Crippen LogP contribution in [-0.4, -0.2) is 17.4 Å². The highest BCUT2D eigenvalue weighted by atomic mass is 32.1. The summed E-state index contributed by atoms with van der Waals surface area (Å²) >= 11 is 1.41. The summed E-state index contributed by atoms with van der Waals surface area (Å²) < 4.78 is 0. The molecule has 0 spiro atoms. The lowest BCUT2D eigenvalue weighted by Gasteiger charge is -2.25. The van der Waals surface area contributed by atoms with Gasteiger partial charge in [0.15, 0.2) is 0 Å². The van der Waals surface area contributed by atoms with E-state index in [9.17, 15) is 4.79 Å². The summed E-state index contributed by atoms with van der Waals surface area (Å²) in [6, 6.07) is 9.73. The van der Waals surface area contributed by atoms with Crippen molar-refractivity contribution in [2.45, 2.75) is 13.0 Å². The van der Waals surface area contributed by atoms with Crippen LogP contribution in [0.2, 0.25) is 0 Å². The second kappa shape index (κ2) is 4.51. The van der Waals surface area contributed by atoms with Gasteiger partial charge >= 0.3 is 0 Å². The molecule has 0 bridgehead atoms. The summed E-state index contributed by atoms with van der Waals surface area (Å²) in [7, 11) is 0. The first-order valence-corrected chi connectivity index (χ1v) is 6.67. The highest BCUT2D eigenvalue weighted by Gasteiger charge is 2.28. The average Bonchev–Trinajstić information content (AvgIpc) is 2.84. The summed E-state index contributed by atoms with van der Waals surface area (Å²) in [6.45, 7) is 1.08. The van der Waals surface area contributed by atoms with Gasteiger partial charge in [-0.05, 0) is 12.1 Å². The lowest BCUT2D eigenvalue weighted by Crippen LogP contribution is -2.36. The first-order valence-electron chi connectivity index (χ1n) is 5.85. The molecule has 1 aromatic heterocycles. The van der Waals surface area contributed by atoms with Gasteiger partial charge in [-0.15, -0.1) is 11.3 Å². The number of aromatic nitrogens is 1. The van der Waals surface area contributed by atoms with E-state index in [1.54, 1.807) is 4.90 Å². The second-order valence-corrected chi connectivity index (χ2v) is 5.21. The molecule has 92 valence electrons. The Kier molecular flexibility index (Phi) is 2.85. The van der Waals surface area contributed by atoms with Crippen molar-refractivity contribution in [2.24, 2.45) is 5.73 Å². The molecular formula is C13H13N3OS. The number of amides is 1. The van der Waals surface area contributed by atoms with E-state index in [0.717, 1.165) is 27.7 Å². The number of fused-ring (bicyclic) bond motifs is 1. The fourth-order valence-corrected chi connectivity index (χ4v) is 3.06. The van der Waals surface area contributed by atoms with Gasteiger partial charge in [0.25, 0.3) is 5.91 Å². The Hall–Kier alpha value is -1.72. The molecule has 4 nitrogen and oxygen atoms in total. The molecule has 2 heterocycles. The first kappa shape index (κ1) is 11.4. The van der Waals surface area contributed by atoms with Gasteiger partial charge in [-0.2, -0.15) is 0 Å². The summed E-state index contributed by atoms with van der Waals surface area (Å²) in [6.07, 6.45) is 0.798. The molecule has 0 saturated carbocycles. The van der Waals surface area contributed by atoms with Crippen LogP contribution in [0.15, 0.2) is 30.3 Å². The van der Waals surface area contributed by atoms with Gasteiger partial charge in [-0.1, -0.05) is 18.2 Å². The predicted octanol–water partition coefficient (Wildman–Crippen LogP) is 1.80. The predicted molar refractivity (Wildman–Crippen MR) is 71.8 cm³/mol. The Labute approximate surface area is 109 Å². The van der Waals surface area contributed by atoms with Crippen LogP contribution in [0.1, 0.15) is 20.4 Å². The fourth-order valence-electron chi connectivity index (χ4n) is 2.12. The van der Waals surface area contributed by atoms with Crippen molar-refractivity contribution in [3.05, 3.63) is 45.9 Å². The molecule has 1 aliphatic heterocycles. The average molecular weight is 259 g/mol. The van der Waals surface area contributed by atoms with Crippen LogP contribution in [0.3, 0.4) is 0 Å². The zero-order valence-corrected chi connectivity index (χ0v) is 10.6. The summed E-state index contributed by atoms with van der Waals surface area (Å²) in [5, 5.41) is 0.836. The monoisotopic (exact) mass is 259 g/mol. The molecule has 1 aromatic carbocycles. The third kappa shape index (κ3) is 1.81. The number of hydrogen-bond donors (Lipinski definition) is 1.